The standard InChI is InChI=1S/C5H9NO2S3/c6-5(9)8-4-2-11-10-1-3(4)7/h3-4,7H,1-2H2,(H2,6,9). The van der Waals surface area contributed by atoms with Gasteiger partial charge in [0.25, 0.3) is 5.17 Å². The maximum Gasteiger partial charge on any atom is 0.254 e. The number of nitrogens with two attached hydrogens (primary N) is 1. The highest BCUT2D eigenvalue weighted by Crippen LogP contribution is 2.30. The van der Waals surface area contributed by atoms with E-state index in [0.717, 1.165) is 5.75 Å². The fraction of sp³-hybridized carbons (Fsp3) is 0.800. The molecular formula is C5H9NO2S3. The molecule has 3 nitrogen and oxygen atoms in total. The number of aliphatic hydroxyl groups excluding tert-OH is 1. The van der Waals surface area contributed by atoms with Crippen molar-refractivity contribution in [1.29, 1.82) is 0 Å². The molecule has 0 amide bonds. The van der Waals surface area contributed by atoms with Crippen LogP contribution >= 0.6 is 33.8 Å². The number of rotatable bonds is 1. The Morgan fingerprint density at radius 2 is 2.18 bits per heavy atom. The fourth-order valence-corrected chi connectivity index (χ4v) is 3.21. The van der Waals surface area contributed by atoms with Crippen LogP contribution in [0.15, 0.2) is 0 Å². The monoisotopic (exact) mass is 211 g/mol. The van der Waals surface area contributed by atoms with Crippen molar-refractivity contribution in [2.24, 2.45) is 5.73 Å². The van der Waals surface area contributed by atoms with Gasteiger partial charge < -0.3 is 15.6 Å². The van der Waals surface area contributed by atoms with E-state index in [0.29, 0.717) is 5.75 Å². The Kier molecular flexibility index (Phi) is 3.77. The van der Waals surface area contributed by atoms with E-state index in [1.54, 1.807) is 21.6 Å². The predicted molar refractivity (Wildman–Crippen MR) is 52.6 cm³/mol. The molecule has 0 aromatic carbocycles. The summed E-state index contributed by atoms with van der Waals surface area (Å²) in [5, 5.41) is 9.36. The van der Waals surface area contributed by atoms with Crippen molar-refractivity contribution in [3.05, 3.63) is 0 Å². The van der Waals surface area contributed by atoms with Gasteiger partial charge in [-0.3, -0.25) is 0 Å². The highest BCUT2D eigenvalue weighted by Gasteiger charge is 2.25. The first-order valence-electron chi connectivity index (χ1n) is 3.08. The summed E-state index contributed by atoms with van der Waals surface area (Å²) < 4.78 is 5.03. The summed E-state index contributed by atoms with van der Waals surface area (Å²) in [5.41, 5.74) is 5.17. The van der Waals surface area contributed by atoms with E-state index in [2.05, 4.69) is 12.2 Å². The van der Waals surface area contributed by atoms with Crippen LogP contribution in [0, 0.1) is 0 Å². The molecule has 64 valence electrons. The summed E-state index contributed by atoms with van der Waals surface area (Å²) in [6, 6.07) is 0. The van der Waals surface area contributed by atoms with Crippen LogP contribution in [0.2, 0.25) is 0 Å². The lowest BCUT2D eigenvalue weighted by molar-refractivity contribution is 0.0595. The molecule has 2 unspecified atom stereocenters. The Balaban J connectivity index is 2.35. The molecule has 6 heteroatoms. The van der Waals surface area contributed by atoms with E-state index in [4.69, 9.17) is 10.5 Å². The Bertz CT molecular complexity index is 155. The van der Waals surface area contributed by atoms with E-state index in [1.807, 2.05) is 0 Å². The van der Waals surface area contributed by atoms with E-state index in [-0.39, 0.29) is 11.3 Å². The molecule has 3 N–H and O–H groups in total. The normalized spacial score (nSPS) is 31.4. The zero-order valence-electron chi connectivity index (χ0n) is 5.73. The first-order chi connectivity index (χ1) is 5.20. The molecule has 1 heterocycles. The lowest BCUT2D eigenvalue weighted by Gasteiger charge is -2.26. The van der Waals surface area contributed by atoms with Gasteiger partial charge in [0.2, 0.25) is 0 Å². The average molecular weight is 211 g/mol. The molecule has 0 aliphatic carbocycles. The number of ether oxygens (including phenoxy) is 1. The van der Waals surface area contributed by atoms with Gasteiger partial charge in [0, 0.05) is 11.5 Å². The Hall–Kier alpha value is 0.350. The molecule has 0 aromatic rings. The van der Waals surface area contributed by atoms with Crippen LogP contribution in [0.5, 0.6) is 0 Å². The lowest BCUT2D eigenvalue weighted by Crippen LogP contribution is -2.38. The van der Waals surface area contributed by atoms with Crippen molar-refractivity contribution in [1.82, 2.24) is 0 Å². The Morgan fingerprint density at radius 3 is 2.73 bits per heavy atom. The summed E-state index contributed by atoms with van der Waals surface area (Å²) in [4.78, 5) is 0. The highest BCUT2D eigenvalue weighted by atomic mass is 33.1. The topological polar surface area (TPSA) is 55.5 Å². The van der Waals surface area contributed by atoms with Crippen LogP contribution in [0.1, 0.15) is 0 Å². The molecule has 11 heavy (non-hydrogen) atoms. The molecule has 1 fully saturated rings. The van der Waals surface area contributed by atoms with Gasteiger partial charge in [-0.2, -0.15) is 0 Å². The zero-order valence-corrected chi connectivity index (χ0v) is 8.18. The third-order valence-electron chi connectivity index (χ3n) is 1.25. The highest BCUT2D eigenvalue weighted by molar-refractivity contribution is 8.76. The van der Waals surface area contributed by atoms with Crippen molar-refractivity contribution < 1.29 is 9.84 Å². The Labute approximate surface area is 78.4 Å². The first kappa shape index (κ1) is 9.44. The molecule has 0 bridgehead atoms. The second-order valence-electron chi connectivity index (χ2n) is 2.11. The third-order valence-corrected chi connectivity index (χ3v) is 3.77. The molecule has 1 aliphatic heterocycles. The number of aliphatic hydroxyl groups is 1. The summed E-state index contributed by atoms with van der Waals surface area (Å²) in [5.74, 6) is 1.42. The summed E-state index contributed by atoms with van der Waals surface area (Å²) in [6.07, 6.45) is -0.665. The van der Waals surface area contributed by atoms with Crippen molar-refractivity contribution in [3.63, 3.8) is 0 Å². The van der Waals surface area contributed by atoms with Crippen LogP contribution in [0.3, 0.4) is 0 Å². The van der Waals surface area contributed by atoms with Gasteiger partial charge in [0.05, 0.1) is 0 Å². The van der Waals surface area contributed by atoms with Crippen molar-refractivity contribution in [3.8, 4) is 0 Å². The minimum atomic E-state index is -0.442. The molecular weight excluding hydrogens is 202 g/mol. The van der Waals surface area contributed by atoms with E-state index < -0.39 is 6.10 Å². The van der Waals surface area contributed by atoms with Crippen LogP contribution < -0.4 is 5.73 Å². The number of hydrogen-bond donors (Lipinski definition) is 2. The van der Waals surface area contributed by atoms with Gasteiger partial charge >= 0.3 is 0 Å². The molecule has 1 aliphatic rings. The van der Waals surface area contributed by atoms with Crippen LogP contribution in [-0.4, -0.2) is 34.0 Å². The smallest absolute Gasteiger partial charge is 0.254 e. The van der Waals surface area contributed by atoms with Crippen LogP contribution in [-0.2, 0) is 4.74 Å². The van der Waals surface area contributed by atoms with Crippen molar-refractivity contribution in [2.45, 2.75) is 12.2 Å². The van der Waals surface area contributed by atoms with E-state index >= 15 is 0 Å². The second-order valence-corrected chi connectivity index (χ2v) is 5.07. The summed E-state index contributed by atoms with van der Waals surface area (Å²) >= 11 is 4.56. The molecule has 0 spiro atoms. The summed E-state index contributed by atoms with van der Waals surface area (Å²) in [7, 11) is 3.30. The molecule has 0 aromatic heterocycles. The molecule has 0 saturated carbocycles. The van der Waals surface area contributed by atoms with Gasteiger partial charge in [0.15, 0.2) is 0 Å². The van der Waals surface area contributed by atoms with Crippen molar-refractivity contribution in [2.75, 3.05) is 11.5 Å². The van der Waals surface area contributed by atoms with Crippen molar-refractivity contribution >= 4 is 39.0 Å². The first-order valence-corrected chi connectivity index (χ1v) is 5.98. The van der Waals surface area contributed by atoms with Gasteiger partial charge in [-0.05, 0) is 12.2 Å². The third kappa shape index (κ3) is 3.06. The van der Waals surface area contributed by atoms with Crippen LogP contribution in [0.4, 0.5) is 0 Å². The minimum Gasteiger partial charge on any atom is -0.464 e. The molecule has 1 saturated heterocycles. The van der Waals surface area contributed by atoms with Crippen LogP contribution in [0.25, 0.3) is 0 Å². The minimum absolute atomic E-state index is 0.0153. The molecule has 0 radical (unpaired) electrons. The number of thiocarbonyl (C=S) groups is 1. The SMILES string of the molecule is NC(=S)OC1CSSCC1O. The predicted octanol–water partition coefficient (Wildman–Crippen LogP) is 0.371. The largest absolute Gasteiger partial charge is 0.464 e. The van der Waals surface area contributed by atoms with E-state index in [9.17, 15) is 5.11 Å². The molecule has 2 atom stereocenters. The maximum atomic E-state index is 9.34. The average Bonchev–Trinajstić information content (AvgIpc) is 1.93. The van der Waals surface area contributed by atoms with Gasteiger partial charge in [0.1, 0.15) is 12.2 Å². The zero-order chi connectivity index (χ0) is 8.27. The number of hydrogen-bond acceptors (Lipinski definition) is 5. The summed E-state index contributed by atoms with van der Waals surface area (Å²) in [6.45, 7) is 0. The van der Waals surface area contributed by atoms with E-state index in [1.165, 1.54) is 0 Å². The fourth-order valence-electron chi connectivity index (χ4n) is 0.713. The second kappa shape index (κ2) is 4.39. The maximum absolute atomic E-state index is 9.34. The van der Waals surface area contributed by atoms with Gasteiger partial charge in [-0.15, -0.1) is 0 Å². The van der Waals surface area contributed by atoms with Gasteiger partial charge in [-0.1, -0.05) is 21.6 Å². The van der Waals surface area contributed by atoms with Gasteiger partial charge in [-0.25, -0.2) is 0 Å². The molecule has 1 rings (SSSR count). The quantitative estimate of drug-likeness (QED) is 0.483. The Morgan fingerprint density at radius 1 is 1.55 bits per heavy atom. The lowest BCUT2D eigenvalue weighted by atomic mass is 10.2.